The standard InChI is InChI=1S/C20H25N3O/c1-14(23-20(24)13-18-3-2-4-19(18)21)15-5-7-16(8-6-15)17-9-11-22-12-10-17/h5-12,14,18-19H,2-4,13,21H2,1H3,(H,23,24)/t14?,18-,19+/m0/s1. The van der Waals surface area contributed by atoms with Gasteiger partial charge in [-0.3, -0.25) is 9.78 Å². The molecule has 0 bridgehead atoms. The summed E-state index contributed by atoms with van der Waals surface area (Å²) in [6, 6.07) is 12.5. The Hall–Kier alpha value is -2.20. The van der Waals surface area contributed by atoms with Gasteiger partial charge in [-0.25, -0.2) is 0 Å². The normalized spacial score (nSPS) is 21.4. The van der Waals surface area contributed by atoms with Gasteiger partial charge in [0, 0.05) is 24.9 Å². The molecule has 1 unspecified atom stereocenters. The summed E-state index contributed by atoms with van der Waals surface area (Å²) >= 11 is 0. The second-order valence-corrected chi connectivity index (χ2v) is 6.71. The zero-order valence-electron chi connectivity index (χ0n) is 14.1. The van der Waals surface area contributed by atoms with Crippen molar-refractivity contribution in [2.75, 3.05) is 0 Å². The molecule has 0 aliphatic heterocycles. The maximum Gasteiger partial charge on any atom is 0.220 e. The van der Waals surface area contributed by atoms with Gasteiger partial charge in [0.2, 0.25) is 5.91 Å². The first kappa shape index (κ1) is 16.7. The van der Waals surface area contributed by atoms with E-state index < -0.39 is 0 Å². The molecule has 0 spiro atoms. The van der Waals surface area contributed by atoms with Gasteiger partial charge >= 0.3 is 0 Å². The van der Waals surface area contributed by atoms with Gasteiger partial charge < -0.3 is 11.1 Å². The lowest BCUT2D eigenvalue weighted by atomic mass is 9.99. The first-order valence-corrected chi connectivity index (χ1v) is 8.69. The fourth-order valence-electron chi connectivity index (χ4n) is 3.45. The Morgan fingerprint density at radius 1 is 1.17 bits per heavy atom. The van der Waals surface area contributed by atoms with Crippen molar-refractivity contribution in [3.05, 3.63) is 54.4 Å². The van der Waals surface area contributed by atoms with Gasteiger partial charge in [-0.05, 0) is 54.5 Å². The van der Waals surface area contributed by atoms with Crippen molar-refractivity contribution in [1.29, 1.82) is 0 Å². The van der Waals surface area contributed by atoms with Crippen LogP contribution in [0.3, 0.4) is 0 Å². The van der Waals surface area contributed by atoms with E-state index in [0.717, 1.165) is 36.0 Å². The highest BCUT2D eigenvalue weighted by atomic mass is 16.1. The highest BCUT2D eigenvalue weighted by Gasteiger charge is 2.26. The Kier molecular flexibility index (Phi) is 5.26. The molecule has 4 nitrogen and oxygen atoms in total. The first-order valence-electron chi connectivity index (χ1n) is 8.69. The Morgan fingerprint density at radius 3 is 2.46 bits per heavy atom. The van der Waals surface area contributed by atoms with E-state index in [9.17, 15) is 4.79 Å². The number of amides is 1. The van der Waals surface area contributed by atoms with E-state index in [1.165, 1.54) is 0 Å². The number of hydrogen-bond donors (Lipinski definition) is 2. The Morgan fingerprint density at radius 2 is 1.83 bits per heavy atom. The molecule has 1 amide bonds. The summed E-state index contributed by atoms with van der Waals surface area (Å²) in [6.45, 7) is 2.02. The lowest BCUT2D eigenvalue weighted by Gasteiger charge is -2.18. The van der Waals surface area contributed by atoms with E-state index in [1.54, 1.807) is 12.4 Å². The minimum atomic E-state index is 0.00150. The smallest absolute Gasteiger partial charge is 0.220 e. The van der Waals surface area contributed by atoms with Gasteiger partial charge in [0.05, 0.1) is 6.04 Å². The van der Waals surface area contributed by atoms with Crippen LogP contribution in [-0.4, -0.2) is 16.9 Å². The van der Waals surface area contributed by atoms with Crippen molar-refractivity contribution >= 4 is 5.91 Å². The lowest BCUT2D eigenvalue weighted by molar-refractivity contribution is -0.122. The number of nitrogens with zero attached hydrogens (tertiary/aromatic N) is 1. The van der Waals surface area contributed by atoms with Crippen LogP contribution in [0, 0.1) is 5.92 Å². The summed E-state index contributed by atoms with van der Waals surface area (Å²) in [4.78, 5) is 16.3. The van der Waals surface area contributed by atoms with Crippen LogP contribution in [-0.2, 0) is 4.79 Å². The second-order valence-electron chi connectivity index (χ2n) is 6.71. The van der Waals surface area contributed by atoms with E-state index in [4.69, 9.17) is 5.73 Å². The molecule has 1 aliphatic carbocycles. The molecule has 2 aromatic rings. The van der Waals surface area contributed by atoms with Crippen LogP contribution >= 0.6 is 0 Å². The van der Waals surface area contributed by atoms with Crippen molar-refractivity contribution in [3.63, 3.8) is 0 Å². The molecular weight excluding hydrogens is 298 g/mol. The van der Waals surface area contributed by atoms with Gasteiger partial charge in [-0.15, -0.1) is 0 Å². The van der Waals surface area contributed by atoms with Crippen LogP contribution in [0.25, 0.3) is 11.1 Å². The van der Waals surface area contributed by atoms with E-state index in [1.807, 2.05) is 19.1 Å². The molecule has 1 aromatic carbocycles. The zero-order chi connectivity index (χ0) is 16.9. The quantitative estimate of drug-likeness (QED) is 0.885. The molecule has 1 saturated carbocycles. The largest absolute Gasteiger partial charge is 0.350 e. The molecule has 126 valence electrons. The number of nitrogens with two attached hydrogens (primary N) is 1. The maximum absolute atomic E-state index is 12.2. The van der Waals surface area contributed by atoms with Crippen molar-refractivity contribution in [2.45, 2.75) is 44.7 Å². The number of pyridine rings is 1. The number of benzene rings is 1. The molecule has 3 N–H and O–H groups in total. The Labute approximate surface area is 143 Å². The second kappa shape index (κ2) is 7.58. The third-order valence-corrected chi connectivity index (χ3v) is 4.97. The zero-order valence-corrected chi connectivity index (χ0v) is 14.1. The predicted octanol–water partition coefficient (Wildman–Crippen LogP) is 3.44. The van der Waals surface area contributed by atoms with Crippen LogP contribution in [0.15, 0.2) is 48.8 Å². The van der Waals surface area contributed by atoms with Crippen molar-refractivity contribution < 1.29 is 4.79 Å². The van der Waals surface area contributed by atoms with Crippen LogP contribution in [0.2, 0.25) is 0 Å². The van der Waals surface area contributed by atoms with Crippen LogP contribution in [0.1, 0.15) is 44.2 Å². The molecule has 1 heterocycles. The molecule has 1 aromatic heterocycles. The fraction of sp³-hybridized carbons (Fsp3) is 0.400. The third-order valence-electron chi connectivity index (χ3n) is 4.97. The minimum absolute atomic E-state index is 0.00150. The molecular formula is C20H25N3O. The van der Waals surface area contributed by atoms with Gasteiger partial charge in [-0.1, -0.05) is 30.7 Å². The van der Waals surface area contributed by atoms with Crippen LogP contribution in [0.4, 0.5) is 0 Å². The molecule has 0 radical (unpaired) electrons. The summed E-state index contributed by atoms with van der Waals surface area (Å²) in [5.41, 5.74) is 9.46. The maximum atomic E-state index is 12.2. The number of hydrogen-bond acceptors (Lipinski definition) is 3. The fourth-order valence-corrected chi connectivity index (χ4v) is 3.45. The molecule has 1 fully saturated rings. The Bertz CT molecular complexity index is 669. The van der Waals surface area contributed by atoms with Gasteiger partial charge in [0.25, 0.3) is 0 Å². The van der Waals surface area contributed by atoms with Gasteiger partial charge in [-0.2, -0.15) is 0 Å². The SMILES string of the molecule is CC(NC(=O)C[C@@H]1CCC[C@H]1N)c1ccc(-c2ccncc2)cc1. The van der Waals surface area contributed by atoms with Crippen molar-refractivity contribution in [2.24, 2.45) is 11.7 Å². The van der Waals surface area contributed by atoms with E-state index in [2.05, 4.69) is 34.6 Å². The van der Waals surface area contributed by atoms with Crippen LogP contribution in [0.5, 0.6) is 0 Å². The molecule has 0 saturated heterocycles. The minimum Gasteiger partial charge on any atom is -0.350 e. The van der Waals surface area contributed by atoms with Crippen molar-refractivity contribution in [1.82, 2.24) is 10.3 Å². The number of rotatable bonds is 5. The Balaban J connectivity index is 1.58. The number of carbonyl (C=O) groups excluding carboxylic acids is 1. The number of aromatic nitrogens is 1. The van der Waals surface area contributed by atoms with E-state index in [-0.39, 0.29) is 18.0 Å². The third kappa shape index (κ3) is 4.01. The number of nitrogens with one attached hydrogen (secondary N) is 1. The topological polar surface area (TPSA) is 68.0 Å². The summed E-state index contributed by atoms with van der Waals surface area (Å²) in [7, 11) is 0. The van der Waals surface area contributed by atoms with Crippen LogP contribution < -0.4 is 11.1 Å². The van der Waals surface area contributed by atoms with E-state index >= 15 is 0 Å². The summed E-state index contributed by atoms with van der Waals surface area (Å²) < 4.78 is 0. The summed E-state index contributed by atoms with van der Waals surface area (Å²) in [5, 5.41) is 3.10. The van der Waals surface area contributed by atoms with Crippen molar-refractivity contribution in [3.8, 4) is 11.1 Å². The molecule has 3 rings (SSSR count). The molecule has 4 heteroatoms. The number of carbonyl (C=O) groups is 1. The summed E-state index contributed by atoms with van der Waals surface area (Å²) in [6.07, 6.45) is 7.39. The van der Waals surface area contributed by atoms with E-state index in [0.29, 0.717) is 12.3 Å². The van der Waals surface area contributed by atoms with Gasteiger partial charge in [0.15, 0.2) is 0 Å². The average Bonchev–Trinajstić information content (AvgIpc) is 3.00. The predicted molar refractivity (Wildman–Crippen MR) is 96.2 cm³/mol. The monoisotopic (exact) mass is 323 g/mol. The first-order chi connectivity index (χ1) is 11.6. The molecule has 1 aliphatic rings. The highest BCUT2D eigenvalue weighted by Crippen LogP contribution is 2.27. The molecule has 24 heavy (non-hydrogen) atoms. The highest BCUT2D eigenvalue weighted by molar-refractivity contribution is 5.76. The lowest BCUT2D eigenvalue weighted by Crippen LogP contribution is -2.32. The average molecular weight is 323 g/mol. The van der Waals surface area contributed by atoms with Gasteiger partial charge in [0.1, 0.15) is 0 Å². The molecule has 3 atom stereocenters. The summed E-state index contributed by atoms with van der Waals surface area (Å²) in [5.74, 6) is 0.439.